The molecule has 2 N–H and O–H groups in total. The van der Waals surface area contributed by atoms with Gasteiger partial charge in [0.05, 0.1) is 4.92 Å². The van der Waals surface area contributed by atoms with Crippen molar-refractivity contribution in [1.29, 1.82) is 0 Å². The van der Waals surface area contributed by atoms with Crippen LogP contribution < -0.4 is 5.73 Å². The molecule has 1 aromatic rings. The van der Waals surface area contributed by atoms with Crippen LogP contribution in [0, 0.1) is 10.1 Å². The van der Waals surface area contributed by atoms with E-state index in [1.807, 2.05) is 0 Å². The van der Waals surface area contributed by atoms with E-state index < -0.39 is 23.6 Å². The van der Waals surface area contributed by atoms with Gasteiger partial charge in [0.25, 0.3) is 5.69 Å². The third kappa shape index (κ3) is 5.33. The van der Waals surface area contributed by atoms with Crippen LogP contribution in [0.2, 0.25) is 0 Å². The summed E-state index contributed by atoms with van der Waals surface area (Å²) in [5.74, 6) is 0. The molecule has 102 valence electrons. The fraction of sp³-hybridized carbons (Fsp3) is 0.400. The number of nitrogens with two attached hydrogens (primary N) is 1. The maximum Gasteiger partial charge on any atom is 0.389 e. The van der Waals surface area contributed by atoms with Crippen LogP contribution in [0.25, 0.3) is 0 Å². The number of hydrogen-bond acceptors (Lipinski definition) is 3. The van der Waals surface area contributed by atoms with Gasteiger partial charge in [-0.05, 0) is 12.0 Å². The average molecular weight is 285 g/mol. The van der Waals surface area contributed by atoms with Crippen LogP contribution in [0.1, 0.15) is 24.4 Å². The number of benzene rings is 1. The number of halogens is 4. The highest BCUT2D eigenvalue weighted by atomic mass is 35.5. The number of non-ortho nitro benzene ring substituents is 1. The number of alkyl halides is 3. The number of rotatable bonds is 4. The van der Waals surface area contributed by atoms with Gasteiger partial charge in [-0.25, -0.2) is 0 Å². The summed E-state index contributed by atoms with van der Waals surface area (Å²) in [5, 5.41) is 10.4. The van der Waals surface area contributed by atoms with Gasteiger partial charge >= 0.3 is 6.18 Å². The van der Waals surface area contributed by atoms with Gasteiger partial charge in [-0.3, -0.25) is 10.1 Å². The second-order valence-electron chi connectivity index (χ2n) is 3.61. The lowest BCUT2D eigenvalue weighted by Crippen LogP contribution is -2.15. The van der Waals surface area contributed by atoms with Gasteiger partial charge < -0.3 is 5.73 Å². The molecule has 0 fully saturated rings. The van der Waals surface area contributed by atoms with E-state index in [9.17, 15) is 23.3 Å². The lowest BCUT2D eigenvalue weighted by Gasteiger charge is -2.13. The monoisotopic (exact) mass is 284 g/mol. The quantitative estimate of drug-likeness (QED) is 0.681. The standard InChI is InChI=1S/C10H11F3N2O2.ClH/c11-10(12,13)6-5-9(14)7-1-3-8(4-2-7)15(16)17;/h1-4,9H,5-6,14H2;1H/t9-;/m1./s1. The molecule has 1 rings (SSSR count). The van der Waals surface area contributed by atoms with Crippen LogP contribution in [0.3, 0.4) is 0 Å². The van der Waals surface area contributed by atoms with Crippen molar-refractivity contribution >= 4 is 18.1 Å². The predicted octanol–water partition coefficient (Wildman–Crippen LogP) is 3.36. The van der Waals surface area contributed by atoms with Gasteiger partial charge in [0.1, 0.15) is 0 Å². The minimum atomic E-state index is -4.24. The summed E-state index contributed by atoms with van der Waals surface area (Å²) >= 11 is 0. The van der Waals surface area contributed by atoms with E-state index in [4.69, 9.17) is 5.73 Å². The van der Waals surface area contributed by atoms with E-state index in [0.29, 0.717) is 5.56 Å². The minimum absolute atomic E-state index is 0. The summed E-state index contributed by atoms with van der Waals surface area (Å²) in [4.78, 5) is 9.79. The van der Waals surface area contributed by atoms with E-state index in [1.165, 1.54) is 24.3 Å². The summed E-state index contributed by atoms with van der Waals surface area (Å²) in [6.45, 7) is 0. The Bertz CT molecular complexity index is 395. The molecule has 0 aliphatic rings. The van der Waals surface area contributed by atoms with Crippen molar-refractivity contribution in [3.8, 4) is 0 Å². The zero-order valence-corrected chi connectivity index (χ0v) is 10.0. The first-order valence-corrected chi connectivity index (χ1v) is 4.86. The number of nitro groups is 1. The molecule has 4 nitrogen and oxygen atoms in total. The van der Waals surface area contributed by atoms with Gasteiger partial charge in [0.2, 0.25) is 0 Å². The molecule has 0 spiro atoms. The predicted molar refractivity (Wildman–Crippen MR) is 62.6 cm³/mol. The molecule has 8 heteroatoms. The summed E-state index contributed by atoms with van der Waals surface area (Å²) in [6.07, 6.45) is -5.44. The molecule has 0 amide bonds. The lowest BCUT2D eigenvalue weighted by molar-refractivity contribution is -0.384. The second-order valence-corrected chi connectivity index (χ2v) is 3.61. The Hall–Kier alpha value is -1.34. The molecule has 0 heterocycles. The summed E-state index contributed by atoms with van der Waals surface area (Å²) in [7, 11) is 0. The van der Waals surface area contributed by atoms with Crippen molar-refractivity contribution < 1.29 is 18.1 Å². The SMILES string of the molecule is Cl.N[C@H](CCC(F)(F)F)c1ccc([N+](=O)[O-])cc1. The Morgan fingerprint density at radius 3 is 2.17 bits per heavy atom. The molecule has 0 bridgehead atoms. The topological polar surface area (TPSA) is 69.2 Å². The number of nitrogens with zero attached hydrogens (tertiary/aromatic N) is 1. The highest BCUT2D eigenvalue weighted by Gasteiger charge is 2.27. The Kier molecular flexibility index (Phi) is 6.07. The first-order valence-electron chi connectivity index (χ1n) is 4.86. The van der Waals surface area contributed by atoms with E-state index in [-0.39, 0.29) is 24.5 Å². The average Bonchev–Trinajstić information content (AvgIpc) is 2.25. The molecule has 1 atom stereocenters. The van der Waals surface area contributed by atoms with E-state index in [2.05, 4.69) is 0 Å². The van der Waals surface area contributed by atoms with E-state index in [0.717, 1.165) is 0 Å². The normalized spacial score (nSPS) is 12.7. The number of hydrogen-bond donors (Lipinski definition) is 1. The second kappa shape index (κ2) is 6.55. The molecule has 0 saturated carbocycles. The minimum Gasteiger partial charge on any atom is -0.324 e. The van der Waals surface area contributed by atoms with Crippen LogP contribution in [0.5, 0.6) is 0 Å². The molecule has 0 aliphatic carbocycles. The van der Waals surface area contributed by atoms with Crippen molar-refractivity contribution in [2.24, 2.45) is 5.73 Å². The van der Waals surface area contributed by atoms with Crippen molar-refractivity contribution in [2.45, 2.75) is 25.1 Å². The van der Waals surface area contributed by atoms with Crippen LogP contribution in [-0.2, 0) is 0 Å². The third-order valence-corrected chi connectivity index (χ3v) is 2.27. The third-order valence-electron chi connectivity index (χ3n) is 2.27. The van der Waals surface area contributed by atoms with Gasteiger partial charge in [-0.1, -0.05) is 12.1 Å². The van der Waals surface area contributed by atoms with Crippen LogP contribution in [-0.4, -0.2) is 11.1 Å². The van der Waals surface area contributed by atoms with Gasteiger partial charge in [0.15, 0.2) is 0 Å². The highest BCUT2D eigenvalue weighted by Crippen LogP contribution is 2.26. The van der Waals surface area contributed by atoms with Gasteiger partial charge in [-0.2, -0.15) is 13.2 Å². The summed E-state index contributed by atoms with van der Waals surface area (Å²) < 4.78 is 35.9. The van der Waals surface area contributed by atoms with Crippen molar-refractivity contribution in [2.75, 3.05) is 0 Å². The molecule has 0 saturated heterocycles. The molecule has 0 aliphatic heterocycles. The van der Waals surface area contributed by atoms with E-state index >= 15 is 0 Å². The number of nitro benzene ring substituents is 1. The Morgan fingerprint density at radius 1 is 1.28 bits per heavy atom. The van der Waals surface area contributed by atoms with Crippen LogP contribution in [0.4, 0.5) is 18.9 Å². The van der Waals surface area contributed by atoms with E-state index in [1.54, 1.807) is 0 Å². The molecule has 1 aromatic carbocycles. The van der Waals surface area contributed by atoms with Gasteiger partial charge in [-0.15, -0.1) is 12.4 Å². The van der Waals surface area contributed by atoms with Crippen LogP contribution >= 0.6 is 12.4 Å². The Balaban J connectivity index is 0.00000289. The first-order chi connectivity index (χ1) is 7.79. The van der Waals surface area contributed by atoms with Crippen molar-refractivity contribution in [3.63, 3.8) is 0 Å². The molecule has 0 radical (unpaired) electrons. The maximum absolute atomic E-state index is 12.0. The van der Waals surface area contributed by atoms with Crippen molar-refractivity contribution in [1.82, 2.24) is 0 Å². The summed E-state index contributed by atoms with van der Waals surface area (Å²) in [5.41, 5.74) is 5.90. The molecule has 0 aromatic heterocycles. The summed E-state index contributed by atoms with van der Waals surface area (Å²) in [6, 6.07) is 4.43. The molecular formula is C10H12ClF3N2O2. The Morgan fingerprint density at radius 2 is 1.78 bits per heavy atom. The largest absolute Gasteiger partial charge is 0.389 e. The fourth-order valence-electron chi connectivity index (χ4n) is 1.33. The highest BCUT2D eigenvalue weighted by molar-refractivity contribution is 5.85. The zero-order chi connectivity index (χ0) is 13.1. The van der Waals surface area contributed by atoms with Gasteiger partial charge in [0, 0.05) is 24.6 Å². The molecule has 18 heavy (non-hydrogen) atoms. The fourth-order valence-corrected chi connectivity index (χ4v) is 1.33. The smallest absolute Gasteiger partial charge is 0.324 e. The lowest BCUT2D eigenvalue weighted by atomic mass is 10.0. The van der Waals surface area contributed by atoms with Crippen molar-refractivity contribution in [3.05, 3.63) is 39.9 Å². The maximum atomic E-state index is 12.0. The molecule has 0 unspecified atom stereocenters. The molecular weight excluding hydrogens is 273 g/mol. The zero-order valence-electron chi connectivity index (χ0n) is 9.18. The van der Waals surface area contributed by atoms with Crippen LogP contribution in [0.15, 0.2) is 24.3 Å². The first kappa shape index (κ1) is 16.7. The Labute approximate surface area is 108 Å².